The van der Waals surface area contributed by atoms with E-state index in [0.29, 0.717) is 12.2 Å². The van der Waals surface area contributed by atoms with E-state index in [9.17, 15) is 13.6 Å². The third-order valence-corrected chi connectivity index (χ3v) is 4.42. The number of carbonyl (C=O) groups excluding carboxylic acids is 1. The highest BCUT2D eigenvalue weighted by Crippen LogP contribution is 2.22. The molecule has 0 unspecified atom stereocenters. The predicted octanol–water partition coefficient (Wildman–Crippen LogP) is 3.43. The molecule has 1 aromatic heterocycles. The Morgan fingerprint density at radius 2 is 2.08 bits per heavy atom. The molecule has 0 aliphatic heterocycles. The average Bonchev–Trinajstić information content (AvgIpc) is 3.03. The lowest BCUT2D eigenvalue weighted by molar-refractivity contribution is -0.130. The van der Waals surface area contributed by atoms with E-state index in [2.05, 4.69) is 4.98 Å². The summed E-state index contributed by atoms with van der Waals surface area (Å²) in [5, 5.41) is 0. The fourth-order valence-electron chi connectivity index (χ4n) is 2.06. The Morgan fingerprint density at radius 1 is 1.38 bits per heavy atom. The second-order valence-electron chi connectivity index (χ2n) is 5.05. The van der Waals surface area contributed by atoms with Crippen molar-refractivity contribution in [3.05, 3.63) is 42.5 Å². The third kappa shape index (κ3) is 4.95. The van der Waals surface area contributed by atoms with Gasteiger partial charge in [0.25, 0.3) is 0 Å². The molecule has 0 fully saturated rings. The molecule has 5 nitrogen and oxygen atoms in total. The van der Waals surface area contributed by atoms with E-state index >= 15 is 0 Å². The first-order valence-corrected chi connectivity index (χ1v) is 8.30. The minimum absolute atomic E-state index is 0.0589. The Hall–Kier alpha value is -2.09. The van der Waals surface area contributed by atoms with Crippen LogP contribution in [0.5, 0.6) is 5.75 Å². The number of methoxy groups -OCH3 is 1. The molecule has 0 N–H and O–H groups in total. The van der Waals surface area contributed by atoms with Gasteiger partial charge in [-0.3, -0.25) is 9.36 Å². The summed E-state index contributed by atoms with van der Waals surface area (Å²) in [5.74, 6) is 1.45. The molecule has 0 saturated heterocycles. The lowest BCUT2D eigenvalue weighted by Crippen LogP contribution is -2.28. The van der Waals surface area contributed by atoms with Crippen molar-refractivity contribution in [2.24, 2.45) is 0 Å². The first-order chi connectivity index (χ1) is 11.5. The summed E-state index contributed by atoms with van der Waals surface area (Å²) < 4.78 is 31.4. The second kappa shape index (κ2) is 8.68. The normalized spacial score (nSPS) is 10.9. The summed E-state index contributed by atoms with van der Waals surface area (Å²) in [7, 11) is 3.20. The van der Waals surface area contributed by atoms with Crippen molar-refractivity contribution in [2.45, 2.75) is 24.4 Å². The molecule has 0 aliphatic carbocycles. The van der Waals surface area contributed by atoms with Crippen molar-refractivity contribution in [2.75, 3.05) is 19.9 Å². The number of hydrogen-bond acceptors (Lipinski definition) is 4. The Balaban J connectivity index is 1.79. The zero-order valence-corrected chi connectivity index (χ0v) is 14.3. The summed E-state index contributed by atoms with van der Waals surface area (Å²) in [6.07, 6.45) is 2.83. The van der Waals surface area contributed by atoms with Crippen LogP contribution >= 0.6 is 11.8 Å². The highest BCUT2D eigenvalue weighted by molar-refractivity contribution is 7.99. The SMILES string of the molecule is COc1ccc(SCCC(=O)N(C)Cc2nccn2C(F)F)cc1. The van der Waals surface area contributed by atoms with E-state index < -0.39 is 6.55 Å². The minimum Gasteiger partial charge on any atom is -0.497 e. The van der Waals surface area contributed by atoms with Crippen LogP contribution in [0.25, 0.3) is 0 Å². The fraction of sp³-hybridized carbons (Fsp3) is 0.375. The molecule has 1 aromatic carbocycles. The van der Waals surface area contributed by atoms with Crippen molar-refractivity contribution in [1.82, 2.24) is 14.5 Å². The van der Waals surface area contributed by atoms with Gasteiger partial charge in [-0.15, -0.1) is 11.8 Å². The van der Waals surface area contributed by atoms with E-state index in [0.717, 1.165) is 15.2 Å². The Bertz CT molecular complexity index is 662. The summed E-state index contributed by atoms with van der Waals surface area (Å²) in [6.45, 7) is -2.60. The minimum atomic E-state index is -2.66. The monoisotopic (exact) mass is 355 g/mol. The molecular weight excluding hydrogens is 336 g/mol. The molecule has 2 aromatic rings. The molecule has 0 spiro atoms. The second-order valence-corrected chi connectivity index (χ2v) is 6.22. The molecule has 8 heteroatoms. The van der Waals surface area contributed by atoms with E-state index in [1.807, 2.05) is 24.3 Å². The molecular formula is C16H19F2N3O2S. The number of imidazole rings is 1. The van der Waals surface area contributed by atoms with Gasteiger partial charge in [-0.25, -0.2) is 4.98 Å². The number of halogens is 2. The van der Waals surface area contributed by atoms with Crippen LogP contribution in [0.3, 0.4) is 0 Å². The number of benzene rings is 1. The lowest BCUT2D eigenvalue weighted by Gasteiger charge is -2.17. The number of alkyl halides is 2. The number of aromatic nitrogens is 2. The molecule has 2 rings (SSSR count). The van der Waals surface area contributed by atoms with E-state index in [-0.39, 0.29) is 18.3 Å². The Labute approximate surface area is 143 Å². The van der Waals surface area contributed by atoms with Gasteiger partial charge in [0.15, 0.2) is 0 Å². The predicted molar refractivity (Wildman–Crippen MR) is 88.3 cm³/mol. The maximum absolute atomic E-state index is 12.8. The van der Waals surface area contributed by atoms with E-state index in [4.69, 9.17) is 4.74 Å². The van der Waals surface area contributed by atoms with Gasteiger partial charge in [0, 0.05) is 36.5 Å². The fourth-order valence-corrected chi connectivity index (χ4v) is 2.90. The van der Waals surface area contributed by atoms with Gasteiger partial charge >= 0.3 is 6.55 Å². The summed E-state index contributed by atoms with van der Waals surface area (Å²) in [6, 6.07) is 7.58. The number of hydrogen-bond donors (Lipinski definition) is 0. The van der Waals surface area contributed by atoms with Crippen LogP contribution in [-0.4, -0.2) is 40.3 Å². The van der Waals surface area contributed by atoms with Crippen molar-refractivity contribution in [3.63, 3.8) is 0 Å². The molecule has 0 radical (unpaired) electrons. The number of nitrogens with zero attached hydrogens (tertiary/aromatic N) is 3. The molecule has 0 aliphatic rings. The standard InChI is InChI=1S/C16H19F2N3O2S/c1-20(11-14-19-8-9-21(14)16(17)18)15(22)7-10-24-13-5-3-12(23-2)4-6-13/h3-6,8-9,16H,7,10-11H2,1-2H3. The zero-order valence-electron chi connectivity index (χ0n) is 13.5. The lowest BCUT2D eigenvalue weighted by atomic mass is 10.3. The van der Waals surface area contributed by atoms with Gasteiger partial charge in [0.1, 0.15) is 11.6 Å². The van der Waals surface area contributed by atoms with Crippen LogP contribution < -0.4 is 4.74 Å². The summed E-state index contributed by atoms with van der Waals surface area (Å²) in [4.78, 5) is 18.4. The van der Waals surface area contributed by atoms with Crippen molar-refractivity contribution in [3.8, 4) is 5.75 Å². The Morgan fingerprint density at radius 3 is 2.71 bits per heavy atom. The highest BCUT2D eigenvalue weighted by Gasteiger charge is 2.16. The third-order valence-electron chi connectivity index (χ3n) is 3.41. The topological polar surface area (TPSA) is 47.4 Å². The first kappa shape index (κ1) is 18.3. The number of amides is 1. The molecule has 1 heterocycles. The van der Waals surface area contributed by atoms with Crippen LogP contribution in [0.1, 0.15) is 18.8 Å². The summed E-state index contributed by atoms with van der Waals surface area (Å²) >= 11 is 1.56. The molecule has 0 saturated carbocycles. The molecule has 0 atom stereocenters. The van der Waals surface area contributed by atoms with Gasteiger partial charge in [-0.1, -0.05) is 0 Å². The first-order valence-electron chi connectivity index (χ1n) is 7.32. The van der Waals surface area contributed by atoms with Gasteiger partial charge < -0.3 is 9.64 Å². The molecule has 130 valence electrons. The summed E-state index contributed by atoms with van der Waals surface area (Å²) in [5.41, 5.74) is 0. The largest absolute Gasteiger partial charge is 0.497 e. The van der Waals surface area contributed by atoms with Gasteiger partial charge in [-0.2, -0.15) is 8.78 Å². The van der Waals surface area contributed by atoms with E-state index in [1.54, 1.807) is 25.9 Å². The van der Waals surface area contributed by atoms with Crippen molar-refractivity contribution < 1.29 is 18.3 Å². The van der Waals surface area contributed by atoms with Crippen LogP contribution in [0.15, 0.2) is 41.6 Å². The zero-order chi connectivity index (χ0) is 17.5. The highest BCUT2D eigenvalue weighted by atomic mass is 32.2. The molecule has 0 bridgehead atoms. The smallest absolute Gasteiger partial charge is 0.319 e. The van der Waals surface area contributed by atoms with Gasteiger partial charge in [0.2, 0.25) is 5.91 Å². The van der Waals surface area contributed by atoms with Crippen LogP contribution in [0.4, 0.5) is 8.78 Å². The van der Waals surface area contributed by atoms with Gasteiger partial charge in [-0.05, 0) is 24.3 Å². The number of rotatable bonds is 8. The van der Waals surface area contributed by atoms with E-state index in [1.165, 1.54) is 17.3 Å². The number of thioether (sulfide) groups is 1. The van der Waals surface area contributed by atoms with Crippen LogP contribution in [-0.2, 0) is 11.3 Å². The Kier molecular flexibility index (Phi) is 6.60. The number of carbonyl (C=O) groups is 1. The van der Waals surface area contributed by atoms with Crippen LogP contribution in [0, 0.1) is 0 Å². The van der Waals surface area contributed by atoms with Crippen LogP contribution in [0.2, 0.25) is 0 Å². The maximum Gasteiger partial charge on any atom is 0.319 e. The maximum atomic E-state index is 12.8. The van der Waals surface area contributed by atoms with Crippen molar-refractivity contribution >= 4 is 17.7 Å². The number of ether oxygens (including phenoxy) is 1. The molecule has 1 amide bonds. The van der Waals surface area contributed by atoms with Crippen molar-refractivity contribution in [1.29, 1.82) is 0 Å². The molecule has 24 heavy (non-hydrogen) atoms. The van der Waals surface area contributed by atoms with Gasteiger partial charge in [0.05, 0.1) is 13.7 Å². The average molecular weight is 355 g/mol. The quantitative estimate of drug-likeness (QED) is 0.681.